The third kappa shape index (κ3) is 4.69. The van der Waals surface area contributed by atoms with Gasteiger partial charge >= 0.3 is 0 Å². The fraction of sp³-hybridized carbons (Fsp3) is 0.381. The third-order valence-electron chi connectivity index (χ3n) is 4.07. The van der Waals surface area contributed by atoms with Crippen molar-refractivity contribution in [1.82, 2.24) is 5.32 Å². The zero-order valence-corrected chi connectivity index (χ0v) is 16.1. The van der Waals surface area contributed by atoms with E-state index in [9.17, 15) is 4.79 Å². The van der Waals surface area contributed by atoms with E-state index in [0.717, 1.165) is 16.9 Å². The lowest BCUT2D eigenvalue weighted by molar-refractivity contribution is 0.0939. The Hall–Kier alpha value is -2.69. The molecule has 140 valence electrons. The van der Waals surface area contributed by atoms with Crippen LogP contribution in [0.4, 0.5) is 0 Å². The standard InChI is InChI=1S/C21H27NO4/c1-6-25-19-11-8-16(13-20(19)26-7-2)15(4)22-21(23)17-9-10-18(24-5)14(3)12-17/h8-13,15H,6-7H2,1-5H3,(H,22,23)/t15-/m0/s1. The van der Waals surface area contributed by atoms with Gasteiger partial charge in [-0.1, -0.05) is 6.07 Å². The molecule has 0 saturated carbocycles. The van der Waals surface area contributed by atoms with E-state index in [1.807, 2.05) is 52.0 Å². The van der Waals surface area contributed by atoms with Gasteiger partial charge in [0.2, 0.25) is 0 Å². The quantitative estimate of drug-likeness (QED) is 0.766. The fourth-order valence-electron chi connectivity index (χ4n) is 2.72. The van der Waals surface area contributed by atoms with E-state index in [1.54, 1.807) is 19.2 Å². The van der Waals surface area contributed by atoms with Crippen molar-refractivity contribution in [2.24, 2.45) is 0 Å². The molecule has 0 aliphatic carbocycles. The van der Waals surface area contributed by atoms with E-state index in [2.05, 4.69) is 5.32 Å². The average Bonchev–Trinajstić information content (AvgIpc) is 2.63. The molecule has 0 fully saturated rings. The maximum absolute atomic E-state index is 12.6. The first-order valence-corrected chi connectivity index (χ1v) is 8.85. The minimum Gasteiger partial charge on any atom is -0.496 e. The van der Waals surface area contributed by atoms with Crippen LogP contribution in [-0.2, 0) is 0 Å². The molecule has 2 rings (SSSR count). The summed E-state index contributed by atoms with van der Waals surface area (Å²) in [5.41, 5.74) is 2.48. The van der Waals surface area contributed by atoms with E-state index in [-0.39, 0.29) is 11.9 Å². The normalized spacial score (nSPS) is 11.6. The zero-order valence-electron chi connectivity index (χ0n) is 16.1. The summed E-state index contributed by atoms with van der Waals surface area (Å²) in [6.07, 6.45) is 0. The Morgan fingerprint density at radius 1 is 1.00 bits per heavy atom. The topological polar surface area (TPSA) is 56.8 Å². The molecule has 0 heterocycles. The first-order chi connectivity index (χ1) is 12.5. The van der Waals surface area contributed by atoms with Gasteiger partial charge in [-0.2, -0.15) is 0 Å². The van der Waals surface area contributed by atoms with Crippen LogP contribution in [0.1, 0.15) is 48.3 Å². The van der Waals surface area contributed by atoms with Crippen LogP contribution in [0.3, 0.4) is 0 Å². The highest BCUT2D eigenvalue weighted by Crippen LogP contribution is 2.31. The number of hydrogen-bond donors (Lipinski definition) is 1. The number of benzene rings is 2. The van der Waals surface area contributed by atoms with Crippen LogP contribution in [-0.4, -0.2) is 26.2 Å². The van der Waals surface area contributed by atoms with E-state index < -0.39 is 0 Å². The molecule has 0 radical (unpaired) electrons. The molecular weight excluding hydrogens is 330 g/mol. The monoisotopic (exact) mass is 357 g/mol. The number of carbonyl (C=O) groups excluding carboxylic acids is 1. The molecule has 2 aromatic carbocycles. The maximum Gasteiger partial charge on any atom is 0.251 e. The molecule has 0 saturated heterocycles. The van der Waals surface area contributed by atoms with Gasteiger partial charge in [-0.05, 0) is 69.2 Å². The summed E-state index contributed by atoms with van der Waals surface area (Å²) in [6.45, 7) is 8.85. The minimum absolute atomic E-state index is 0.130. The maximum atomic E-state index is 12.6. The number of amides is 1. The van der Waals surface area contributed by atoms with Crippen LogP contribution in [0.5, 0.6) is 17.2 Å². The molecule has 0 aliphatic rings. The summed E-state index contributed by atoms with van der Waals surface area (Å²) in [7, 11) is 1.62. The SMILES string of the molecule is CCOc1ccc([C@H](C)NC(=O)c2ccc(OC)c(C)c2)cc1OCC. The van der Waals surface area contributed by atoms with Crippen LogP contribution >= 0.6 is 0 Å². The van der Waals surface area contributed by atoms with Crippen molar-refractivity contribution in [2.45, 2.75) is 33.7 Å². The molecule has 1 atom stereocenters. The van der Waals surface area contributed by atoms with Crippen LogP contribution in [0.25, 0.3) is 0 Å². The predicted octanol–water partition coefficient (Wildman–Crippen LogP) is 4.29. The number of rotatable bonds is 8. The Labute approximate surface area is 155 Å². The van der Waals surface area contributed by atoms with Gasteiger partial charge in [-0.3, -0.25) is 4.79 Å². The van der Waals surface area contributed by atoms with Gasteiger partial charge < -0.3 is 19.5 Å². The lowest BCUT2D eigenvalue weighted by Gasteiger charge is -2.18. The number of nitrogens with one attached hydrogen (secondary N) is 1. The molecule has 26 heavy (non-hydrogen) atoms. The molecule has 0 unspecified atom stereocenters. The summed E-state index contributed by atoms with van der Waals surface area (Å²) < 4.78 is 16.5. The van der Waals surface area contributed by atoms with Gasteiger partial charge in [0.15, 0.2) is 11.5 Å². The second-order valence-electron chi connectivity index (χ2n) is 5.95. The first kappa shape index (κ1) is 19.6. The molecule has 0 aliphatic heterocycles. The van der Waals surface area contributed by atoms with Crippen LogP contribution in [0.2, 0.25) is 0 Å². The summed E-state index contributed by atoms with van der Waals surface area (Å²) >= 11 is 0. The Balaban J connectivity index is 2.15. The van der Waals surface area contributed by atoms with Gasteiger partial charge in [0.05, 0.1) is 26.4 Å². The Morgan fingerprint density at radius 3 is 2.27 bits per heavy atom. The molecule has 5 nitrogen and oxygen atoms in total. The van der Waals surface area contributed by atoms with Gasteiger partial charge in [0, 0.05) is 5.56 Å². The number of methoxy groups -OCH3 is 1. The molecule has 0 spiro atoms. The molecule has 1 amide bonds. The third-order valence-corrected chi connectivity index (χ3v) is 4.07. The molecule has 0 aromatic heterocycles. The van der Waals surface area contributed by atoms with Crippen molar-refractivity contribution >= 4 is 5.91 Å². The number of carbonyl (C=O) groups is 1. The summed E-state index contributed by atoms with van der Waals surface area (Å²) in [5, 5.41) is 3.02. The van der Waals surface area contributed by atoms with Crippen molar-refractivity contribution < 1.29 is 19.0 Å². The van der Waals surface area contributed by atoms with Crippen molar-refractivity contribution in [3.05, 3.63) is 53.1 Å². The second kappa shape index (κ2) is 9.13. The van der Waals surface area contributed by atoms with Crippen molar-refractivity contribution in [2.75, 3.05) is 20.3 Å². The van der Waals surface area contributed by atoms with Gasteiger partial charge in [-0.25, -0.2) is 0 Å². The van der Waals surface area contributed by atoms with Crippen molar-refractivity contribution in [3.8, 4) is 17.2 Å². The first-order valence-electron chi connectivity index (χ1n) is 8.85. The molecule has 1 N–H and O–H groups in total. The molecular formula is C21H27NO4. The lowest BCUT2D eigenvalue weighted by atomic mass is 10.1. The lowest BCUT2D eigenvalue weighted by Crippen LogP contribution is -2.26. The summed E-state index contributed by atoms with van der Waals surface area (Å²) in [6, 6.07) is 11.0. The van der Waals surface area contributed by atoms with Crippen LogP contribution in [0.15, 0.2) is 36.4 Å². The minimum atomic E-state index is -0.167. The van der Waals surface area contributed by atoms with E-state index in [1.165, 1.54) is 0 Å². The fourth-order valence-corrected chi connectivity index (χ4v) is 2.72. The van der Waals surface area contributed by atoms with Gasteiger partial charge in [0.1, 0.15) is 5.75 Å². The molecule has 2 aromatic rings. The van der Waals surface area contributed by atoms with Crippen molar-refractivity contribution in [1.29, 1.82) is 0 Å². The van der Waals surface area contributed by atoms with E-state index >= 15 is 0 Å². The summed E-state index contributed by atoms with van der Waals surface area (Å²) in [5.74, 6) is 2.04. The molecule has 5 heteroatoms. The predicted molar refractivity (Wildman–Crippen MR) is 102 cm³/mol. The summed E-state index contributed by atoms with van der Waals surface area (Å²) in [4.78, 5) is 12.6. The van der Waals surface area contributed by atoms with Crippen LogP contribution in [0, 0.1) is 6.92 Å². The number of aryl methyl sites for hydroxylation is 1. The van der Waals surface area contributed by atoms with Gasteiger partial charge in [-0.15, -0.1) is 0 Å². The van der Waals surface area contributed by atoms with E-state index in [4.69, 9.17) is 14.2 Å². The Morgan fingerprint density at radius 2 is 1.65 bits per heavy atom. The highest BCUT2D eigenvalue weighted by molar-refractivity contribution is 5.94. The van der Waals surface area contributed by atoms with E-state index in [0.29, 0.717) is 30.3 Å². The average molecular weight is 357 g/mol. The zero-order chi connectivity index (χ0) is 19.1. The highest BCUT2D eigenvalue weighted by Gasteiger charge is 2.15. The number of hydrogen-bond acceptors (Lipinski definition) is 4. The highest BCUT2D eigenvalue weighted by atomic mass is 16.5. The Kier molecular flexibility index (Phi) is 6.89. The second-order valence-corrected chi connectivity index (χ2v) is 5.95. The van der Waals surface area contributed by atoms with Crippen molar-refractivity contribution in [3.63, 3.8) is 0 Å². The largest absolute Gasteiger partial charge is 0.496 e. The molecule has 0 bridgehead atoms. The van der Waals surface area contributed by atoms with Gasteiger partial charge in [0.25, 0.3) is 5.91 Å². The number of ether oxygens (including phenoxy) is 3. The smallest absolute Gasteiger partial charge is 0.251 e. The Bertz CT molecular complexity index is 758. The van der Waals surface area contributed by atoms with Crippen LogP contribution < -0.4 is 19.5 Å².